The molecule has 4 heterocycles. The largest absolute Gasteiger partial charge is 0.331 e. The van der Waals surface area contributed by atoms with E-state index in [-0.39, 0.29) is 0 Å². The molecule has 0 amide bonds. The molecule has 1 aliphatic rings. The Morgan fingerprint density at radius 2 is 1.61 bits per heavy atom. The molecule has 1 aliphatic heterocycles. The molecule has 166 valence electrons. The van der Waals surface area contributed by atoms with Crippen LogP contribution in [-0.2, 0) is 0 Å². The third-order valence-electron chi connectivity index (χ3n) is 5.85. The highest BCUT2D eigenvalue weighted by molar-refractivity contribution is 8.08. The standard InChI is InChI=1S/C26H24N4S3/c1-14(2)30-20-7-15(3)16(4)8-22(20)33-26(30)25-10-24-23(32-25)9-21(31-24)17-5-6-19(29-13-17)18(11-27)12-28/h5-14,27-28H,1-4H3/b19-18?,21-17-,26-25-,27-11?,28-12?. The minimum atomic E-state index is 0.389. The quantitative estimate of drug-likeness (QED) is 0.358. The Bertz CT molecular complexity index is 1570. The maximum atomic E-state index is 7.41. The van der Waals surface area contributed by atoms with Crippen LogP contribution in [0.4, 0.5) is 5.69 Å². The first-order valence-corrected chi connectivity index (χ1v) is 13.2. The van der Waals surface area contributed by atoms with Crippen LogP contribution < -0.4 is 14.8 Å². The number of benzene rings is 1. The van der Waals surface area contributed by atoms with Crippen LogP contribution in [0, 0.1) is 34.4 Å². The van der Waals surface area contributed by atoms with Crippen LogP contribution in [0.5, 0.6) is 0 Å². The maximum absolute atomic E-state index is 7.41. The summed E-state index contributed by atoms with van der Waals surface area (Å²) in [6, 6.07) is 13.5. The number of fused-ring (bicyclic) bond motifs is 2. The molecule has 0 spiro atoms. The third-order valence-corrected chi connectivity index (χ3v) is 9.48. The number of aromatic nitrogens is 1. The van der Waals surface area contributed by atoms with Crippen LogP contribution in [0.15, 0.2) is 47.5 Å². The van der Waals surface area contributed by atoms with Gasteiger partial charge in [-0.25, -0.2) is 0 Å². The number of pyridine rings is 1. The summed E-state index contributed by atoms with van der Waals surface area (Å²) < 4.78 is 5.09. The van der Waals surface area contributed by atoms with Gasteiger partial charge in [0.05, 0.1) is 20.6 Å². The van der Waals surface area contributed by atoms with Crippen molar-refractivity contribution in [3.8, 4) is 0 Å². The molecule has 33 heavy (non-hydrogen) atoms. The van der Waals surface area contributed by atoms with Gasteiger partial charge in [-0.3, -0.25) is 4.98 Å². The van der Waals surface area contributed by atoms with Gasteiger partial charge in [-0.05, 0) is 75.2 Å². The Morgan fingerprint density at radius 3 is 2.24 bits per heavy atom. The van der Waals surface area contributed by atoms with Crippen LogP contribution in [0.3, 0.4) is 0 Å². The lowest BCUT2D eigenvalue weighted by Gasteiger charge is -2.25. The van der Waals surface area contributed by atoms with E-state index in [1.165, 1.54) is 45.2 Å². The SMILES string of the molecule is Cc1cc2c(cc1C)N(C(C)C)/C(=c1\cc3s/c(=c4/ccc(=C(C=N)C=N)nc4)cc3s1)S2. The lowest BCUT2D eigenvalue weighted by Crippen LogP contribution is -2.28. The lowest BCUT2D eigenvalue weighted by atomic mass is 10.1. The Morgan fingerprint density at radius 1 is 0.939 bits per heavy atom. The molecule has 0 unspecified atom stereocenters. The van der Waals surface area contributed by atoms with Gasteiger partial charge in [-0.2, -0.15) is 0 Å². The monoisotopic (exact) mass is 488 g/mol. The fourth-order valence-electron chi connectivity index (χ4n) is 3.97. The highest BCUT2D eigenvalue weighted by atomic mass is 32.2. The van der Waals surface area contributed by atoms with Crippen molar-refractivity contribution in [2.24, 2.45) is 0 Å². The number of thioether (sulfide) groups is 1. The van der Waals surface area contributed by atoms with E-state index in [0.717, 1.165) is 17.6 Å². The summed E-state index contributed by atoms with van der Waals surface area (Å²) in [4.78, 5) is 8.28. The molecule has 0 saturated carbocycles. The first kappa shape index (κ1) is 22.1. The summed E-state index contributed by atoms with van der Waals surface area (Å²) in [5, 5.41) is 17.9. The molecule has 0 fully saturated rings. The van der Waals surface area contributed by atoms with E-state index in [4.69, 9.17) is 10.8 Å². The van der Waals surface area contributed by atoms with Crippen molar-refractivity contribution >= 4 is 72.6 Å². The molecule has 7 heteroatoms. The van der Waals surface area contributed by atoms with Crippen molar-refractivity contribution in [2.75, 3.05) is 4.90 Å². The molecule has 5 rings (SSSR count). The van der Waals surface area contributed by atoms with Gasteiger partial charge in [0.15, 0.2) is 0 Å². The number of aryl methyl sites for hydroxylation is 2. The van der Waals surface area contributed by atoms with Gasteiger partial charge >= 0.3 is 0 Å². The van der Waals surface area contributed by atoms with Crippen molar-refractivity contribution in [3.63, 3.8) is 0 Å². The molecular formula is C26H24N4S3. The topological polar surface area (TPSA) is 63.8 Å². The number of hydrogen-bond acceptors (Lipinski definition) is 7. The zero-order chi connectivity index (χ0) is 23.3. The Balaban J connectivity index is 1.64. The number of rotatable bonds is 3. The molecule has 0 aliphatic carbocycles. The minimum Gasteiger partial charge on any atom is -0.331 e. The van der Waals surface area contributed by atoms with Crippen molar-refractivity contribution in [2.45, 2.75) is 38.6 Å². The smallest absolute Gasteiger partial charge is 0.0980 e. The van der Waals surface area contributed by atoms with Crippen LogP contribution in [0.1, 0.15) is 25.0 Å². The number of hydrogen-bond donors (Lipinski definition) is 2. The number of anilines is 1. The van der Waals surface area contributed by atoms with Crippen LogP contribution >= 0.6 is 34.4 Å². The molecule has 2 N–H and O–H groups in total. The van der Waals surface area contributed by atoms with Crippen LogP contribution in [0.2, 0.25) is 0 Å². The van der Waals surface area contributed by atoms with E-state index in [1.54, 1.807) is 11.3 Å². The normalized spacial score (nSPS) is 15.8. The van der Waals surface area contributed by atoms with Crippen molar-refractivity contribution in [1.82, 2.24) is 4.98 Å². The van der Waals surface area contributed by atoms with E-state index in [1.807, 2.05) is 41.4 Å². The van der Waals surface area contributed by atoms with E-state index in [9.17, 15) is 0 Å². The second kappa shape index (κ2) is 8.56. The molecular weight excluding hydrogens is 465 g/mol. The van der Waals surface area contributed by atoms with Crippen molar-refractivity contribution in [3.05, 3.63) is 73.4 Å². The molecule has 4 nitrogen and oxygen atoms in total. The van der Waals surface area contributed by atoms with E-state index < -0.39 is 0 Å². The Hall–Kier alpha value is -2.74. The summed E-state index contributed by atoms with van der Waals surface area (Å²) in [7, 11) is 0. The molecule has 0 radical (unpaired) electrons. The molecule has 0 atom stereocenters. The molecule has 0 saturated heterocycles. The summed E-state index contributed by atoms with van der Waals surface area (Å²) >= 11 is 5.52. The molecule has 3 aromatic heterocycles. The average molecular weight is 489 g/mol. The minimum absolute atomic E-state index is 0.389. The summed E-state index contributed by atoms with van der Waals surface area (Å²) in [5.74, 6) is 0. The van der Waals surface area contributed by atoms with Crippen LogP contribution in [0.25, 0.3) is 20.0 Å². The predicted octanol–water partition coefficient (Wildman–Crippen LogP) is 5.80. The van der Waals surface area contributed by atoms with Crippen molar-refractivity contribution < 1.29 is 0 Å². The Kier molecular flexibility index (Phi) is 5.72. The molecule has 0 bridgehead atoms. The fourth-order valence-corrected chi connectivity index (χ4v) is 7.82. The maximum Gasteiger partial charge on any atom is 0.0980 e. The second-order valence-corrected chi connectivity index (χ2v) is 11.6. The Labute approximate surface area is 204 Å². The van der Waals surface area contributed by atoms with Gasteiger partial charge in [0.2, 0.25) is 0 Å². The zero-order valence-corrected chi connectivity index (χ0v) is 21.3. The van der Waals surface area contributed by atoms with Gasteiger partial charge < -0.3 is 15.7 Å². The van der Waals surface area contributed by atoms with Crippen LogP contribution in [-0.4, -0.2) is 23.5 Å². The van der Waals surface area contributed by atoms with Crippen molar-refractivity contribution in [1.29, 1.82) is 10.8 Å². The average Bonchev–Trinajstić information content (AvgIpc) is 3.46. The number of nitrogens with one attached hydrogen (secondary N) is 2. The van der Waals surface area contributed by atoms with E-state index >= 15 is 0 Å². The highest BCUT2D eigenvalue weighted by Crippen LogP contribution is 2.49. The van der Waals surface area contributed by atoms with Gasteiger partial charge in [0, 0.05) is 54.3 Å². The summed E-state index contributed by atoms with van der Waals surface area (Å²) in [6.45, 7) is 8.90. The van der Waals surface area contributed by atoms with Gasteiger partial charge in [0.25, 0.3) is 0 Å². The first-order chi connectivity index (χ1) is 15.9. The van der Waals surface area contributed by atoms with Gasteiger partial charge in [-0.15, -0.1) is 22.7 Å². The highest BCUT2D eigenvalue weighted by Gasteiger charge is 2.29. The fraction of sp³-hybridized carbons (Fsp3) is 0.192. The number of nitrogens with zero attached hydrogens (tertiary/aromatic N) is 2. The van der Waals surface area contributed by atoms with E-state index in [2.05, 4.69) is 61.8 Å². The predicted molar refractivity (Wildman–Crippen MR) is 145 cm³/mol. The zero-order valence-electron chi connectivity index (χ0n) is 18.9. The second-order valence-electron chi connectivity index (χ2n) is 8.40. The van der Waals surface area contributed by atoms with Gasteiger partial charge in [-0.1, -0.05) is 11.8 Å². The first-order valence-electron chi connectivity index (χ1n) is 10.7. The summed E-state index contributed by atoms with van der Waals surface area (Å²) in [6.07, 6.45) is 4.16. The van der Waals surface area contributed by atoms with Gasteiger partial charge in [0.1, 0.15) is 0 Å². The lowest BCUT2D eigenvalue weighted by molar-refractivity contribution is 0.799. The summed E-state index contributed by atoms with van der Waals surface area (Å²) in [5.41, 5.74) is 4.51. The molecule has 1 aromatic carbocycles. The van der Waals surface area contributed by atoms with E-state index in [0.29, 0.717) is 17.0 Å². The third kappa shape index (κ3) is 3.84. The molecule has 4 aromatic rings. The number of thiophene rings is 2.